The van der Waals surface area contributed by atoms with E-state index in [-0.39, 0.29) is 49.8 Å². The molecular formula is C32H48N4O7. The van der Waals surface area contributed by atoms with Gasteiger partial charge in [-0.15, -0.1) is 0 Å². The molecule has 1 saturated carbocycles. The molecule has 3 rings (SSSR count). The standard InChI is InChI=1S/C32H48N4O7/c1-32(2,3)43-31(42)36-25(20-22-13-8-5-9-14-22)30(41)34-23-16-17-27(38)33-18-10-15-26(37)28(39)24(35-29(23)40)19-21-11-6-4-7-12-21/h5,8-9,13-14,21,23-25,28,39H,4,6-7,10-12,15-20H2,1-3H3,(H,33,38)(H,34,41)(H,35,40)(H,36,42)/t23?,24?,25-,28+/m0/s1. The highest BCUT2D eigenvalue weighted by Crippen LogP contribution is 2.28. The van der Waals surface area contributed by atoms with E-state index in [0.717, 1.165) is 37.7 Å². The highest BCUT2D eigenvalue weighted by atomic mass is 16.6. The Morgan fingerprint density at radius 1 is 1.00 bits per heavy atom. The molecule has 4 atom stereocenters. The molecule has 1 aliphatic heterocycles. The lowest BCUT2D eigenvalue weighted by atomic mass is 9.83. The predicted octanol–water partition coefficient (Wildman–Crippen LogP) is 2.68. The number of rotatable bonds is 7. The number of hydrogen-bond donors (Lipinski definition) is 5. The van der Waals surface area contributed by atoms with E-state index >= 15 is 0 Å². The number of alkyl carbamates (subject to hydrolysis) is 1. The smallest absolute Gasteiger partial charge is 0.408 e. The molecular weight excluding hydrogens is 552 g/mol. The fourth-order valence-corrected chi connectivity index (χ4v) is 5.61. The van der Waals surface area contributed by atoms with Gasteiger partial charge in [0.1, 0.15) is 23.8 Å². The Hall–Kier alpha value is -3.47. The lowest BCUT2D eigenvalue weighted by Crippen LogP contribution is -2.57. The van der Waals surface area contributed by atoms with E-state index in [1.165, 1.54) is 0 Å². The van der Waals surface area contributed by atoms with Gasteiger partial charge in [0.15, 0.2) is 5.78 Å². The van der Waals surface area contributed by atoms with E-state index in [0.29, 0.717) is 12.8 Å². The summed E-state index contributed by atoms with van der Waals surface area (Å²) >= 11 is 0. The molecule has 1 aromatic carbocycles. The van der Waals surface area contributed by atoms with Crippen molar-refractivity contribution in [2.45, 2.75) is 121 Å². The van der Waals surface area contributed by atoms with Crippen LogP contribution in [0.2, 0.25) is 0 Å². The third-order valence-corrected chi connectivity index (χ3v) is 7.86. The van der Waals surface area contributed by atoms with Crippen molar-refractivity contribution in [3.05, 3.63) is 35.9 Å². The topological polar surface area (TPSA) is 163 Å². The fourth-order valence-electron chi connectivity index (χ4n) is 5.61. The number of carbonyl (C=O) groups excluding carboxylic acids is 5. The molecule has 11 heteroatoms. The summed E-state index contributed by atoms with van der Waals surface area (Å²) < 4.78 is 5.37. The number of amides is 4. The van der Waals surface area contributed by atoms with Gasteiger partial charge in [-0.05, 0) is 51.5 Å². The van der Waals surface area contributed by atoms with Gasteiger partial charge in [0.25, 0.3) is 0 Å². The Balaban J connectivity index is 1.82. The van der Waals surface area contributed by atoms with Crippen molar-refractivity contribution in [2.24, 2.45) is 5.92 Å². The molecule has 1 aliphatic carbocycles. The minimum absolute atomic E-state index is 0.00586. The van der Waals surface area contributed by atoms with Crippen LogP contribution in [-0.2, 0) is 30.3 Å². The summed E-state index contributed by atoms with van der Waals surface area (Å²) in [5.41, 5.74) is -0.00479. The van der Waals surface area contributed by atoms with Crippen molar-refractivity contribution >= 4 is 29.6 Å². The fraction of sp³-hybridized carbons (Fsp3) is 0.656. The van der Waals surface area contributed by atoms with E-state index in [1.807, 2.05) is 30.3 Å². The molecule has 238 valence electrons. The maximum Gasteiger partial charge on any atom is 0.408 e. The van der Waals surface area contributed by atoms with E-state index < -0.39 is 47.7 Å². The van der Waals surface area contributed by atoms with Gasteiger partial charge >= 0.3 is 6.09 Å². The van der Waals surface area contributed by atoms with Crippen LogP contribution in [0.1, 0.15) is 90.5 Å². The maximum absolute atomic E-state index is 13.7. The average Bonchev–Trinajstić information content (AvgIpc) is 2.96. The van der Waals surface area contributed by atoms with Crippen LogP contribution in [-0.4, -0.2) is 71.1 Å². The van der Waals surface area contributed by atoms with E-state index in [4.69, 9.17) is 4.74 Å². The number of Topliss-reactive ketones (excluding diaryl/α,β-unsaturated/α-hetero) is 1. The van der Waals surface area contributed by atoms with Crippen LogP contribution >= 0.6 is 0 Å². The van der Waals surface area contributed by atoms with Gasteiger partial charge in [-0.2, -0.15) is 0 Å². The van der Waals surface area contributed by atoms with E-state index in [9.17, 15) is 29.1 Å². The Bertz CT molecular complexity index is 1100. The minimum atomic E-state index is -1.39. The Morgan fingerprint density at radius 2 is 1.70 bits per heavy atom. The van der Waals surface area contributed by atoms with Gasteiger partial charge in [-0.25, -0.2) is 4.79 Å². The number of ether oxygens (including phenoxy) is 1. The van der Waals surface area contributed by atoms with Crippen molar-refractivity contribution in [1.29, 1.82) is 0 Å². The summed E-state index contributed by atoms with van der Waals surface area (Å²) in [4.78, 5) is 65.3. The Kier molecular flexibility index (Phi) is 13.0. The second-order valence-electron chi connectivity index (χ2n) is 12.7. The molecule has 11 nitrogen and oxygen atoms in total. The molecule has 2 unspecified atom stereocenters. The molecule has 0 bridgehead atoms. The monoisotopic (exact) mass is 600 g/mol. The molecule has 1 aromatic rings. The minimum Gasteiger partial charge on any atom is -0.444 e. The van der Waals surface area contributed by atoms with Gasteiger partial charge in [0.2, 0.25) is 17.7 Å². The van der Waals surface area contributed by atoms with E-state index in [1.54, 1.807) is 20.8 Å². The molecule has 1 heterocycles. The van der Waals surface area contributed by atoms with Crippen LogP contribution in [0.3, 0.4) is 0 Å². The second-order valence-corrected chi connectivity index (χ2v) is 12.7. The number of hydrogen-bond acceptors (Lipinski definition) is 7. The summed E-state index contributed by atoms with van der Waals surface area (Å²) in [7, 11) is 0. The summed E-state index contributed by atoms with van der Waals surface area (Å²) in [6.45, 7) is 5.40. The summed E-state index contributed by atoms with van der Waals surface area (Å²) in [6, 6.07) is 6.08. The van der Waals surface area contributed by atoms with Crippen LogP contribution in [0.15, 0.2) is 30.3 Å². The number of carbonyl (C=O) groups is 5. The van der Waals surface area contributed by atoms with Crippen molar-refractivity contribution in [3.63, 3.8) is 0 Å². The third-order valence-electron chi connectivity index (χ3n) is 7.86. The number of aliphatic hydroxyl groups is 1. The zero-order valence-electron chi connectivity index (χ0n) is 25.7. The SMILES string of the molecule is CC(C)(C)OC(=O)N[C@@H](Cc1ccccc1)C(=O)NC1CCC(=O)NCCCC(=O)[C@H](O)C(CC2CCCCC2)NC1=O. The quantitative estimate of drug-likeness (QED) is 0.321. The zero-order chi connectivity index (χ0) is 31.4. The van der Waals surface area contributed by atoms with Crippen LogP contribution in [0.25, 0.3) is 0 Å². The third kappa shape index (κ3) is 12.0. The lowest BCUT2D eigenvalue weighted by Gasteiger charge is -2.31. The molecule has 2 aliphatic rings. The highest BCUT2D eigenvalue weighted by molar-refractivity contribution is 5.92. The van der Waals surface area contributed by atoms with Gasteiger partial charge in [0.05, 0.1) is 6.04 Å². The van der Waals surface area contributed by atoms with Crippen LogP contribution in [0.4, 0.5) is 4.79 Å². The number of aliphatic hydroxyl groups excluding tert-OH is 1. The largest absolute Gasteiger partial charge is 0.444 e. The molecule has 0 radical (unpaired) electrons. The summed E-state index contributed by atoms with van der Waals surface area (Å²) in [5, 5.41) is 21.9. The van der Waals surface area contributed by atoms with Crippen LogP contribution < -0.4 is 21.3 Å². The van der Waals surface area contributed by atoms with Crippen molar-refractivity contribution in [1.82, 2.24) is 21.3 Å². The Labute approximate surface area is 254 Å². The number of benzene rings is 1. The van der Waals surface area contributed by atoms with Gasteiger partial charge < -0.3 is 31.1 Å². The predicted molar refractivity (Wildman–Crippen MR) is 161 cm³/mol. The van der Waals surface area contributed by atoms with Crippen LogP contribution in [0, 0.1) is 5.92 Å². The average molecular weight is 601 g/mol. The molecule has 2 fully saturated rings. The number of nitrogens with one attached hydrogen (secondary N) is 4. The molecule has 4 amide bonds. The van der Waals surface area contributed by atoms with E-state index in [2.05, 4.69) is 21.3 Å². The molecule has 43 heavy (non-hydrogen) atoms. The Morgan fingerprint density at radius 3 is 2.37 bits per heavy atom. The van der Waals surface area contributed by atoms with Gasteiger partial charge in [0, 0.05) is 25.8 Å². The normalized spacial score (nSPS) is 23.8. The molecule has 5 N–H and O–H groups in total. The first-order valence-corrected chi connectivity index (χ1v) is 15.5. The summed E-state index contributed by atoms with van der Waals surface area (Å²) in [5.74, 6) is -1.66. The molecule has 1 saturated heterocycles. The summed E-state index contributed by atoms with van der Waals surface area (Å²) in [6.07, 6.45) is 4.03. The number of ketones is 1. The first kappa shape index (κ1) is 34.0. The van der Waals surface area contributed by atoms with Gasteiger partial charge in [-0.1, -0.05) is 62.4 Å². The molecule has 0 aromatic heterocycles. The van der Waals surface area contributed by atoms with Crippen molar-refractivity contribution < 1.29 is 33.8 Å². The highest BCUT2D eigenvalue weighted by Gasteiger charge is 2.34. The second kappa shape index (κ2) is 16.4. The van der Waals surface area contributed by atoms with Gasteiger partial charge in [-0.3, -0.25) is 19.2 Å². The first-order chi connectivity index (χ1) is 20.4. The lowest BCUT2D eigenvalue weighted by molar-refractivity contribution is -0.133. The maximum atomic E-state index is 13.7. The zero-order valence-corrected chi connectivity index (χ0v) is 25.7. The van der Waals surface area contributed by atoms with Crippen molar-refractivity contribution in [2.75, 3.05) is 6.54 Å². The first-order valence-electron chi connectivity index (χ1n) is 15.5. The van der Waals surface area contributed by atoms with Crippen molar-refractivity contribution in [3.8, 4) is 0 Å². The molecule has 0 spiro atoms. The van der Waals surface area contributed by atoms with Crippen LogP contribution in [0.5, 0.6) is 0 Å².